The van der Waals surface area contributed by atoms with E-state index in [1.807, 2.05) is 0 Å². The van der Waals surface area contributed by atoms with Gasteiger partial charge in [-0.2, -0.15) is 4.31 Å². The van der Waals surface area contributed by atoms with E-state index in [1.165, 1.54) is 4.31 Å². The van der Waals surface area contributed by atoms with Crippen molar-refractivity contribution in [2.45, 2.75) is 24.2 Å². The lowest BCUT2D eigenvalue weighted by Gasteiger charge is -2.35. The third kappa shape index (κ3) is 2.97. The summed E-state index contributed by atoms with van der Waals surface area (Å²) in [5.41, 5.74) is 0. The van der Waals surface area contributed by atoms with Crippen molar-refractivity contribution in [3.63, 3.8) is 0 Å². The van der Waals surface area contributed by atoms with Crippen molar-refractivity contribution >= 4 is 10.0 Å². The predicted molar refractivity (Wildman–Crippen MR) is 63.2 cm³/mol. The Kier molecular flexibility index (Phi) is 4.37. The molecule has 0 saturated carbocycles. The molecule has 6 nitrogen and oxygen atoms in total. The molecule has 100 valence electrons. The Hall–Kier alpha value is -0.210. The highest BCUT2D eigenvalue weighted by Gasteiger charge is 2.35. The number of hydrogen-bond donors (Lipinski definition) is 2. The van der Waals surface area contributed by atoms with E-state index in [2.05, 4.69) is 5.32 Å². The molecule has 2 heterocycles. The third-order valence-electron chi connectivity index (χ3n) is 3.37. The van der Waals surface area contributed by atoms with Crippen LogP contribution in [-0.4, -0.2) is 68.6 Å². The molecule has 0 aromatic rings. The fourth-order valence-electron chi connectivity index (χ4n) is 2.34. The predicted octanol–water partition coefficient (Wildman–Crippen LogP) is -1.24. The maximum Gasteiger partial charge on any atom is 0.217 e. The lowest BCUT2D eigenvalue weighted by molar-refractivity contribution is -0.0307. The van der Waals surface area contributed by atoms with Gasteiger partial charge in [-0.1, -0.05) is 0 Å². The monoisotopic (exact) mass is 264 g/mol. The molecule has 0 aliphatic carbocycles. The Balaban J connectivity index is 2.03. The fourth-order valence-corrected chi connectivity index (χ4v) is 4.29. The average molecular weight is 264 g/mol. The number of ether oxygens (including phenoxy) is 1. The molecule has 2 N–H and O–H groups in total. The zero-order chi connectivity index (χ0) is 12.3. The van der Waals surface area contributed by atoms with Gasteiger partial charge in [0.1, 0.15) is 0 Å². The molecule has 1 atom stereocenters. The number of morpholine rings is 1. The summed E-state index contributed by atoms with van der Waals surface area (Å²) >= 11 is 0. The summed E-state index contributed by atoms with van der Waals surface area (Å²) in [5.74, 6) is 0. The van der Waals surface area contributed by atoms with Crippen molar-refractivity contribution in [2.24, 2.45) is 0 Å². The first-order valence-corrected chi connectivity index (χ1v) is 7.57. The van der Waals surface area contributed by atoms with E-state index >= 15 is 0 Å². The summed E-state index contributed by atoms with van der Waals surface area (Å²) in [4.78, 5) is 0. The zero-order valence-corrected chi connectivity index (χ0v) is 10.7. The number of aliphatic hydroxyl groups excluding tert-OH is 1. The number of nitrogens with one attached hydrogen (secondary N) is 1. The minimum atomic E-state index is -3.23. The second-order valence-electron chi connectivity index (χ2n) is 4.53. The van der Waals surface area contributed by atoms with Crippen molar-refractivity contribution in [2.75, 3.05) is 39.4 Å². The van der Waals surface area contributed by atoms with Gasteiger partial charge in [-0.3, -0.25) is 0 Å². The van der Waals surface area contributed by atoms with Gasteiger partial charge in [-0.15, -0.1) is 0 Å². The molecule has 0 radical (unpaired) electrons. The van der Waals surface area contributed by atoms with Crippen LogP contribution in [0.5, 0.6) is 0 Å². The van der Waals surface area contributed by atoms with E-state index < -0.39 is 10.0 Å². The minimum Gasteiger partial charge on any atom is -0.394 e. The number of sulfonamides is 1. The van der Waals surface area contributed by atoms with Crippen LogP contribution in [0.25, 0.3) is 0 Å². The number of hydrogen-bond acceptors (Lipinski definition) is 5. The SMILES string of the molecule is O=S(=O)(C1CCNCC1)N1CCOC(CO)C1. The van der Waals surface area contributed by atoms with Gasteiger partial charge >= 0.3 is 0 Å². The summed E-state index contributed by atoms with van der Waals surface area (Å²) in [6.07, 6.45) is 0.965. The molecule has 1 unspecified atom stereocenters. The lowest BCUT2D eigenvalue weighted by atomic mass is 10.2. The van der Waals surface area contributed by atoms with Gasteiger partial charge < -0.3 is 15.2 Å². The van der Waals surface area contributed by atoms with E-state index in [9.17, 15) is 8.42 Å². The van der Waals surface area contributed by atoms with Crippen LogP contribution in [0.1, 0.15) is 12.8 Å². The Morgan fingerprint density at radius 3 is 2.71 bits per heavy atom. The Morgan fingerprint density at radius 1 is 1.35 bits per heavy atom. The highest BCUT2D eigenvalue weighted by Crippen LogP contribution is 2.20. The molecule has 0 aromatic heterocycles. The van der Waals surface area contributed by atoms with Crippen LogP contribution in [-0.2, 0) is 14.8 Å². The third-order valence-corrected chi connectivity index (χ3v) is 5.74. The maximum absolute atomic E-state index is 12.4. The van der Waals surface area contributed by atoms with Crippen molar-refractivity contribution in [1.82, 2.24) is 9.62 Å². The summed E-state index contributed by atoms with van der Waals surface area (Å²) in [7, 11) is -3.23. The number of piperidine rings is 1. The molecule has 0 amide bonds. The topological polar surface area (TPSA) is 78.9 Å². The Bertz CT molecular complexity index is 340. The lowest BCUT2D eigenvalue weighted by Crippen LogP contribution is -2.51. The average Bonchev–Trinajstić information content (AvgIpc) is 2.40. The largest absolute Gasteiger partial charge is 0.394 e. The molecule has 2 aliphatic rings. The molecule has 0 aromatic carbocycles. The molecule has 17 heavy (non-hydrogen) atoms. The first-order chi connectivity index (χ1) is 8.14. The first-order valence-electron chi connectivity index (χ1n) is 6.06. The smallest absolute Gasteiger partial charge is 0.217 e. The number of nitrogens with zero attached hydrogens (tertiary/aromatic N) is 1. The van der Waals surface area contributed by atoms with E-state index in [0.29, 0.717) is 26.0 Å². The van der Waals surface area contributed by atoms with E-state index in [-0.39, 0.29) is 24.5 Å². The molecule has 7 heteroatoms. The summed E-state index contributed by atoms with van der Waals surface area (Å²) in [5, 5.41) is 11.9. The van der Waals surface area contributed by atoms with Crippen LogP contribution in [0, 0.1) is 0 Å². The molecule has 2 rings (SSSR count). The van der Waals surface area contributed by atoms with Crippen molar-refractivity contribution in [3.05, 3.63) is 0 Å². The Morgan fingerprint density at radius 2 is 2.06 bits per heavy atom. The van der Waals surface area contributed by atoms with Gasteiger partial charge in [0.25, 0.3) is 0 Å². The second-order valence-corrected chi connectivity index (χ2v) is 6.74. The molecule has 2 fully saturated rings. The van der Waals surface area contributed by atoms with Crippen LogP contribution >= 0.6 is 0 Å². The van der Waals surface area contributed by atoms with E-state index in [4.69, 9.17) is 9.84 Å². The zero-order valence-electron chi connectivity index (χ0n) is 9.84. The summed E-state index contributed by atoms with van der Waals surface area (Å²) < 4.78 is 31.5. The van der Waals surface area contributed by atoms with Crippen LogP contribution < -0.4 is 5.32 Å². The van der Waals surface area contributed by atoms with Gasteiger partial charge in [0.15, 0.2) is 0 Å². The number of rotatable bonds is 3. The summed E-state index contributed by atoms with van der Waals surface area (Å²) in [6, 6.07) is 0. The van der Waals surface area contributed by atoms with Crippen molar-refractivity contribution in [1.29, 1.82) is 0 Å². The van der Waals surface area contributed by atoms with E-state index in [0.717, 1.165) is 13.1 Å². The van der Waals surface area contributed by atoms with E-state index in [1.54, 1.807) is 0 Å². The van der Waals surface area contributed by atoms with Gasteiger partial charge in [-0.05, 0) is 25.9 Å². The molecule has 0 bridgehead atoms. The first kappa shape index (κ1) is 13.2. The van der Waals surface area contributed by atoms with Crippen LogP contribution in [0.4, 0.5) is 0 Å². The number of aliphatic hydroxyl groups is 1. The minimum absolute atomic E-state index is 0.127. The molecule has 0 spiro atoms. The van der Waals surface area contributed by atoms with Crippen LogP contribution in [0.2, 0.25) is 0 Å². The highest BCUT2D eigenvalue weighted by atomic mass is 32.2. The molecular formula is C10H20N2O4S. The van der Waals surface area contributed by atoms with Crippen LogP contribution in [0.3, 0.4) is 0 Å². The van der Waals surface area contributed by atoms with Gasteiger partial charge in [-0.25, -0.2) is 8.42 Å². The normalized spacial score (nSPS) is 29.4. The highest BCUT2D eigenvalue weighted by molar-refractivity contribution is 7.89. The Labute approximate surface area is 102 Å². The van der Waals surface area contributed by atoms with Crippen molar-refractivity contribution in [3.8, 4) is 0 Å². The van der Waals surface area contributed by atoms with Crippen molar-refractivity contribution < 1.29 is 18.3 Å². The molecule has 2 saturated heterocycles. The van der Waals surface area contributed by atoms with Crippen LogP contribution in [0.15, 0.2) is 0 Å². The quantitative estimate of drug-likeness (QED) is 0.667. The molecule has 2 aliphatic heterocycles. The molecular weight excluding hydrogens is 244 g/mol. The fraction of sp³-hybridized carbons (Fsp3) is 1.00. The summed E-state index contributed by atoms with van der Waals surface area (Å²) in [6.45, 7) is 2.45. The maximum atomic E-state index is 12.4. The van der Waals surface area contributed by atoms with Gasteiger partial charge in [0, 0.05) is 13.1 Å². The van der Waals surface area contributed by atoms with Gasteiger partial charge in [0.2, 0.25) is 10.0 Å². The van der Waals surface area contributed by atoms with Gasteiger partial charge in [0.05, 0.1) is 24.6 Å². The standard InChI is InChI=1S/C10H20N2O4S/c13-8-9-7-12(5-6-16-9)17(14,15)10-1-3-11-4-2-10/h9-11,13H,1-8H2. The second kappa shape index (κ2) is 5.62.